The molecular weight excluding hydrogens is 394 g/mol. The van der Waals surface area contributed by atoms with Crippen LogP contribution in [-0.4, -0.2) is 21.9 Å². The number of aryl methyl sites for hydroxylation is 1. The van der Waals surface area contributed by atoms with Crippen molar-refractivity contribution in [3.8, 4) is 22.6 Å². The molecule has 30 heavy (non-hydrogen) atoms. The fourth-order valence-corrected chi connectivity index (χ4v) is 4.55. The Morgan fingerprint density at radius 1 is 0.933 bits per heavy atom. The van der Waals surface area contributed by atoms with Gasteiger partial charge in [-0.05, 0) is 43.2 Å². The molecule has 0 bridgehead atoms. The zero-order valence-corrected chi connectivity index (χ0v) is 18.6. The van der Waals surface area contributed by atoms with Crippen molar-refractivity contribution in [2.75, 3.05) is 4.72 Å². The average Bonchev–Trinajstić information content (AvgIpc) is 3.42. The first-order valence-electron chi connectivity index (χ1n) is 9.75. The lowest BCUT2D eigenvalue weighted by atomic mass is 10.0. The first-order chi connectivity index (χ1) is 14.5. The predicted molar refractivity (Wildman–Crippen MR) is 128 cm³/mol. The Balaban J connectivity index is 0.00000124. The van der Waals surface area contributed by atoms with Crippen LogP contribution in [0.2, 0.25) is 0 Å². The molecule has 2 heterocycles. The molecule has 0 aliphatic carbocycles. The van der Waals surface area contributed by atoms with Gasteiger partial charge in [-0.1, -0.05) is 61.1 Å². The summed E-state index contributed by atoms with van der Waals surface area (Å²) in [6.45, 7) is 7.88. The number of anilines is 1. The van der Waals surface area contributed by atoms with Gasteiger partial charge in [0.1, 0.15) is 6.26 Å². The molecule has 0 unspecified atom stereocenters. The van der Waals surface area contributed by atoms with E-state index in [9.17, 15) is 0 Å². The van der Waals surface area contributed by atoms with E-state index in [4.69, 9.17) is 8.94 Å². The minimum Gasteiger partial charge on any atom is -0.445 e. The third-order valence-corrected chi connectivity index (χ3v) is 6.40. The van der Waals surface area contributed by atoms with Crippen LogP contribution in [-0.2, 0) is 0 Å². The molecule has 0 aliphatic heterocycles. The maximum Gasteiger partial charge on any atom is 0.237 e. The van der Waals surface area contributed by atoms with E-state index in [2.05, 4.69) is 50.9 Å². The molecule has 0 saturated carbocycles. The van der Waals surface area contributed by atoms with Crippen LogP contribution in [0, 0.1) is 13.8 Å². The van der Waals surface area contributed by atoms with Gasteiger partial charge in [0.15, 0.2) is 0 Å². The van der Waals surface area contributed by atoms with Crippen LogP contribution in [0.5, 0.6) is 0 Å². The minimum atomic E-state index is -1.87. The quantitative estimate of drug-likeness (QED) is 0.364. The second-order valence-electron chi connectivity index (χ2n) is 6.62. The van der Waals surface area contributed by atoms with Gasteiger partial charge in [0, 0.05) is 16.0 Å². The average molecular weight is 422 g/mol. The number of nitrogens with one attached hydrogen (secondary N) is 1. The lowest BCUT2D eigenvalue weighted by molar-refractivity contribution is 0.431. The van der Waals surface area contributed by atoms with E-state index in [1.807, 2.05) is 52.0 Å². The second-order valence-corrected chi connectivity index (χ2v) is 9.03. The molecule has 6 heteroatoms. The van der Waals surface area contributed by atoms with Crippen LogP contribution in [0.3, 0.4) is 0 Å². The van der Waals surface area contributed by atoms with Gasteiger partial charge in [0.05, 0.1) is 11.9 Å². The van der Waals surface area contributed by atoms with E-state index in [0.717, 1.165) is 32.8 Å². The summed E-state index contributed by atoms with van der Waals surface area (Å²) in [4.78, 5) is 5.23. The lowest BCUT2D eigenvalue weighted by Crippen LogP contribution is -1.98. The highest BCUT2D eigenvalue weighted by molar-refractivity contribution is 8.28. The Bertz CT molecular complexity index is 1210. The van der Waals surface area contributed by atoms with Crippen LogP contribution >= 0.6 is 9.39 Å². The molecule has 2 aromatic carbocycles. The molecule has 4 aromatic rings. The van der Waals surface area contributed by atoms with Gasteiger partial charge in [0.25, 0.3) is 0 Å². The SMILES string of the molecule is C=S(=C)(Nc1onc(C)c1C)c1ccccc1-c1ccc(-c2ncco2)cc1.CC. The minimum absolute atomic E-state index is 0.604. The van der Waals surface area contributed by atoms with Crippen molar-refractivity contribution in [2.24, 2.45) is 0 Å². The number of rotatable bonds is 5. The third kappa shape index (κ3) is 4.33. The summed E-state index contributed by atoms with van der Waals surface area (Å²) in [5.41, 5.74) is 4.90. The largest absolute Gasteiger partial charge is 0.445 e. The van der Waals surface area contributed by atoms with Gasteiger partial charge in [0.2, 0.25) is 11.8 Å². The van der Waals surface area contributed by atoms with Gasteiger partial charge < -0.3 is 13.7 Å². The maximum absolute atomic E-state index is 5.42. The Hall–Kier alpha value is -3.25. The molecule has 5 nitrogen and oxygen atoms in total. The van der Waals surface area contributed by atoms with Crippen molar-refractivity contribution in [1.29, 1.82) is 0 Å². The first-order valence-corrected chi connectivity index (χ1v) is 11.7. The molecule has 1 N–H and O–H groups in total. The fourth-order valence-electron chi connectivity index (χ4n) is 2.95. The Kier molecular flexibility index (Phi) is 6.47. The van der Waals surface area contributed by atoms with Crippen molar-refractivity contribution in [2.45, 2.75) is 32.6 Å². The van der Waals surface area contributed by atoms with E-state index in [0.29, 0.717) is 11.8 Å². The van der Waals surface area contributed by atoms with Gasteiger partial charge in [-0.2, -0.15) is 0 Å². The Morgan fingerprint density at radius 2 is 1.60 bits per heavy atom. The van der Waals surface area contributed by atoms with Crippen molar-refractivity contribution in [1.82, 2.24) is 10.1 Å². The summed E-state index contributed by atoms with van der Waals surface area (Å²) < 4.78 is 14.2. The van der Waals surface area contributed by atoms with E-state index >= 15 is 0 Å². The van der Waals surface area contributed by atoms with E-state index in [1.54, 1.807) is 12.5 Å². The molecule has 0 fully saturated rings. The maximum atomic E-state index is 5.42. The highest BCUT2D eigenvalue weighted by Crippen LogP contribution is 2.41. The fraction of sp³-hybridized carbons (Fsp3) is 0.167. The molecule has 0 aliphatic rings. The lowest BCUT2D eigenvalue weighted by Gasteiger charge is -2.20. The van der Waals surface area contributed by atoms with Crippen molar-refractivity contribution >= 4 is 27.0 Å². The number of aromatic nitrogens is 2. The second kappa shape index (κ2) is 9.05. The molecule has 0 spiro atoms. The van der Waals surface area contributed by atoms with Gasteiger partial charge in [-0.3, -0.25) is 0 Å². The summed E-state index contributed by atoms with van der Waals surface area (Å²) in [5.74, 6) is 9.98. The van der Waals surface area contributed by atoms with E-state index < -0.39 is 9.39 Å². The smallest absolute Gasteiger partial charge is 0.237 e. The summed E-state index contributed by atoms with van der Waals surface area (Å²) >= 11 is 0. The zero-order valence-electron chi connectivity index (χ0n) is 17.8. The van der Waals surface area contributed by atoms with Crippen molar-refractivity contribution in [3.05, 3.63) is 72.2 Å². The molecule has 0 amide bonds. The molecule has 2 aromatic heterocycles. The predicted octanol–water partition coefficient (Wildman–Crippen LogP) is 6.69. The third-order valence-electron chi connectivity index (χ3n) is 4.63. The number of oxazole rings is 1. The summed E-state index contributed by atoms with van der Waals surface area (Å²) in [6.07, 6.45) is 3.21. The molecule has 0 radical (unpaired) electrons. The molecule has 4 rings (SSSR count). The van der Waals surface area contributed by atoms with Crippen LogP contribution < -0.4 is 4.72 Å². The van der Waals surface area contributed by atoms with Crippen LogP contribution in [0.4, 0.5) is 5.88 Å². The number of hydrogen-bond donors (Lipinski definition) is 1. The number of nitrogens with zero attached hydrogens (tertiary/aromatic N) is 2. The van der Waals surface area contributed by atoms with Gasteiger partial charge in [-0.25, -0.2) is 4.98 Å². The van der Waals surface area contributed by atoms with Crippen LogP contribution in [0.25, 0.3) is 22.6 Å². The van der Waals surface area contributed by atoms with Crippen molar-refractivity contribution in [3.63, 3.8) is 0 Å². The number of hydrogen-bond acceptors (Lipinski definition) is 5. The normalized spacial score (nSPS) is 10.9. The molecular formula is C24H27N3O2S. The molecule has 0 atom stereocenters. The highest BCUT2D eigenvalue weighted by Gasteiger charge is 2.14. The molecule has 156 valence electrons. The number of benzene rings is 2. The highest BCUT2D eigenvalue weighted by atomic mass is 32.2. The van der Waals surface area contributed by atoms with Gasteiger partial charge >= 0.3 is 0 Å². The van der Waals surface area contributed by atoms with Crippen molar-refractivity contribution < 1.29 is 8.94 Å². The standard InChI is InChI=1S/C22H21N3O2S.C2H6/c1-15-16(2)24-27-21(15)25-28(3,4)20-8-6-5-7-19(20)17-9-11-18(12-10-17)22-23-13-14-26-22;1-2/h5-14,25H,3-4H2,1-2H3;1-2H3. The topological polar surface area (TPSA) is 64.1 Å². The summed E-state index contributed by atoms with van der Waals surface area (Å²) in [6, 6.07) is 16.2. The van der Waals surface area contributed by atoms with E-state index in [-0.39, 0.29) is 0 Å². The van der Waals surface area contributed by atoms with Crippen LogP contribution in [0.15, 0.2) is 74.8 Å². The first kappa shape index (κ1) is 21.5. The monoisotopic (exact) mass is 421 g/mol. The van der Waals surface area contributed by atoms with Gasteiger partial charge in [-0.15, -0.1) is 9.39 Å². The summed E-state index contributed by atoms with van der Waals surface area (Å²) in [5, 5.41) is 4.01. The summed E-state index contributed by atoms with van der Waals surface area (Å²) in [7, 11) is -1.87. The Morgan fingerprint density at radius 3 is 2.20 bits per heavy atom. The van der Waals surface area contributed by atoms with Crippen LogP contribution in [0.1, 0.15) is 25.1 Å². The molecule has 0 saturated heterocycles. The Labute approximate surface area is 178 Å². The zero-order chi connectivity index (χ0) is 21.7. The van der Waals surface area contributed by atoms with E-state index in [1.165, 1.54) is 0 Å².